The summed E-state index contributed by atoms with van der Waals surface area (Å²) in [5.74, 6) is -8.36. The minimum Gasteiger partial charge on any atom is -0.319 e. The summed E-state index contributed by atoms with van der Waals surface area (Å²) in [5.41, 5.74) is -0.585. The van der Waals surface area contributed by atoms with E-state index in [1.165, 1.54) is 30.0 Å². The molecule has 1 atom stereocenters. The van der Waals surface area contributed by atoms with Crippen LogP contribution in [-0.2, 0) is 11.8 Å². The summed E-state index contributed by atoms with van der Waals surface area (Å²) in [6.07, 6.45) is 0.869. The summed E-state index contributed by atoms with van der Waals surface area (Å²) >= 11 is 1.44. The van der Waals surface area contributed by atoms with Gasteiger partial charge in [0, 0.05) is 28.5 Å². The van der Waals surface area contributed by atoms with E-state index in [1.807, 2.05) is 6.92 Å². The molecule has 0 spiro atoms. The molecule has 0 radical (unpaired) electrons. The number of likely N-dealkylation sites (N-methyl/N-ethyl adjacent to an activating group) is 1. The Morgan fingerprint density at radius 2 is 1.62 bits per heavy atom. The molecule has 1 aliphatic carbocycles. The Morgan fingerprint density at radius 3 is 2.31 bits per heavy atom. The van der Waals surface area contributed by atoms with Gasteiger partial charge in [0.1, 0.15) is 0 Å². The maximum absolute atomic E-state index is 15.0. The first kappa shape index (κ1) is 19.2. The van der Waals surface area contributed by atoms with Crippen molar-refractivity contribution in [1.29, 1.82) is 0 Å². The molecule has 0 fully saturated rings. The minimum absolute atomic E-state index is 0.259. The topological polar surface area (TPSA) is 12.0 Å². The number of hydrogen-bond donors (Lipinski definition) is 1. The lowest BCUT2D eigenvalue weighted by atomic mass is 9.87. The zero-order valence-corrected chi connectivity index (χ0v) is 15.5. The van der Waals surface area contributed by atoms with Crippen molar-refractivity contribution in [3.05, 3.63) is 64.7 Å². The normalized spacial score (nSPS) is 20.2. The molecule has 1 aliphatic rings. The Balaban J connectivity index is 2.35. The van der Waals surface area contributed by atoms with E-state index in [2.05, 4.69) is 5.32 Å². The second-order valence-corrected chi connectivity index (χ2v) is 7.55. The van der Waals surface area contributed by atoms with Gasteiger partial charge in [-0.1, -0.05) is 43.3 Å². The Hall–Kier alpha value is -1.53. The van der Waals surface area contributed by atoms with E-state index in [-0.39, 0.29) is 5.56 Å². The van der Waals surface area contributed by atoms with Crippen molar-refractivity contribution in [1.82, 2.24) is 5.32 Å². The fraction of sp³-hybridized carbons (Fsp3) is 0.400. The lowest BCUT2D eigenvalue weighted by Gasteiger charge is -2.27. The zero-order chi connectivity index (χ0) is 18.9. The summed E-state index contributed by atoms with van der Waals surface area (Å²) in [7, 11) is 1.70. The predicted molar refractivity (Wildman–Crippen MR) is 97.5 cm³/mol. The zero-order valence-electron chi connectivity index (χ0n) is 14.7. The lowest BCUT2D eigenvalue weighted by molar-refractivity contribution is -0.223. The van der Waals surface area contributed by atoms with Crippen molar-refractivity contribution in [3.63, 3.8) is 0 Å². The number of hydrogen-bond acceptors (Lipinski definition) is 2. The Morgan fingerprint density at radius 1 is 0.962 bits per heavy atom. The third-order valence-electron chi connectivity index (χ3n) is 4.69. The summed E-state index contributed by atoms with van der Waals surface area (Å²) in [6, 6.07) is 10.0. The minimum atomic E-state index is -4.27. The van der Waals surface area contributed by atoms with Gasteiger partial charge in [-0.25, -0.2) is 0 Å². The molecule has 2 aromatic rings. The van der Waals surface area contributed by atoms with E-state index in [0.29, 0.717) is 17.0 Å². The molecule has 140 valence electrons. The maximum Gasteiger partial charge on any atom is 0.340 e. The first-order chi connectivity index (χ1) is 12.4. The van der Waals surface area contributed by atoms with Crippen molar-refractivity contribution >= 4 is 11.8 Å². The average molecular weight is 383 g/mol. The number of halogens is 4. The molecule has 0 amide bonds. The highest BCUT2D eigenvalue weighted by atomic mass is 32.2. The molecule has 0 bridgehead atoms. The summed E-state index contributed by atoms with van der Waals surface area (Å²) < 4.78 is 60.0. The van der Waals surface area contributed by atoms with Crippen LogP contribution in [0.1, 0.15) is 41.5 Å². The molecule has 26 heavy (non-hydrogen) atoms. The first-order valence-corrected chi connectivity index (χ1v) is 9.60. The average Bonchev–Trinajstić information content (AvgIpc) is 2.68. The number of benzene rings is 2. The lowest BCUT2D eigenvalue weighted by Crippen LogP contribution is -2.35. The number of rotatable bonds is 5. The van der Waals surface area contributed by atoms with E-state index in [9.17, 15) is 8.78 Å². The molecule has 1 N–H and O–H groups in total. The smallest absolute Gasteiger partial charge is 0.319 e. The number of thioether (sulfide) groups is 1. The molecule has 0 saturated carbocycles. The molecule has 3 rings (SSSR count). The van der Waals surface area contributed by atoms with Gasteiger partial charge in [-0.2, -0.15) is 17.6 Å². The number of nitrogens with one attached hydrogen (secondary N) is 1. The third-order valence-corrected chi connectivity index (χ3v) is 5.97. The molecule has 0 aromatic heterocycles. The Labute approximate surface area is 155 Å². The van der Waals surface area contributed by atoms with Crippen LogP contribution in [0.2, 0.25) is 0 Å². The van der Waals surface area contributed by atoms with E-state index in [4.69, 9.17) is 0 Å². The van der Waals surface area contributed by atoms with Crippen molar-refractivity contribution in [3.8, 4) is 0 Å². The van der Waals surface area contributed by atoms with Crippen molar-refractivity contribution < 1.29 is 17.6 Å². The van der Waals surface area contributed by atoms with Gasteiger partial charge in [-0.05, 0) is 36.4 Å². The largest absolute Gasteiger partial charge is 0.340 e. The second kappa shape index (κ2) is 7.24. The first-order valence-electron chi connectivity index (χ1n) is 8.62. The monoisotopic (exact) mass is 383 g/mol. The molecule has 0 aliphatic heterocycles. The van der Waals surface area contributed by atoms with E-state index >= 15 is 8.78 Å². The van der Waals surface area contributed by atoms with E-state index < -0.39 is 28.9 Å². The summed E-state index contributed by atoms with van der Waals surface area (Å²) in [6.45, 7) is 2.30. The van der Waals surface area contributed by atoms with Crippen LogP contribution < -0.4 is 5.32 Å². The fourth-order valence-electron chi connectivity index (χ4n) is 3.51. The maximum atomic E-state index is 15.0. The molecule has 2 aromatic carbocycles. The van der Waals surface area contributed by atoms with Crippen LogP contribution in [0.15, 0.2) is 47.4 Å². The summed E-state index contributed by atoms with van der Waals surface area (Å²) in [5, 5.41) is 2.99. The highest BCUT2D eigenvalue weighted by molar-refractivity contribution is 7.99. The summed E-state index contributed by atoms with van der Waals surface area (Å²) in [4.78, 5) is 0.650. The van der Waals surface area contributed by atoms with Gasteiger partial charge >= 0.3 is 11.8 Å². The van der Waals surface area contributed by atoms with Gasteiger partial charge in [0.25, 0.3) is 0 Å². The highest BCUT2D eigenvalue weighted by Gasteiger charge is 2.62. The predicted octanol–water partition coefficient (Wildman–Crippen LogP) is 5.74. The van der Waals surface area contributed by atoms with Crippen LogP contribution in [0.5, 0.6) is 0 Å². The van der Waals surface area contributed by atoms with Gasteiger partial charge < -0.3 is 5.32 Å². The van der Waals surface area contributed by atoms with Crippen LogP contribution >= 0.6 is 11.8 Å². The number of alkyl halides is 4. The van der Waals surface area contributed by atoms with Crippen LogP contribution in [0.4, 0.5) is 17.6 Å². The molecule has 6 heteroatoms. The van der Waals surface area contributed by atoms with E-state index in [0.717, 1.165) is 24.3 Å². The van der Waals surface area contributed by atoms with Gasteiger partial charge in [-0.15, -0.1) is 11.8 Å². The fourth-order valence-corrected chi connectivity index (χ4v) is 4.52. The van der Waals surface area contributed by atoms with Crippen LogP contribution in [-0.4, -0.2) is 19.3 Å². The van der Waals surface area contributed by atoms with Gasteiger partial charge in [0.05, 0.1) is 0 Å². The molecule has 0 heterocycles. The van der Waals surface area contributed by atoms with Crippen LogP contribution in [0.3, 0.4) is 0 Å². The molecule has 1 unspecified atom stereocenters. The van der Waals surface area contributed by atoms with Crippen molar-refractivity contribution in [2.24, 2.45) is 0 Å². The van der Waals surface area contributed by atoms with E-state index in [1.54, 1.807) is 19.2 Å². The van der Waals surface area contributed by atoms with Gasteiger partial charge in [-0.3, -0.25) is 0 Å². The van der Waals surface area contributed by atoms with Crippen molar-refractivity contribution in [2.75, 3.05) is 19.3 Å². The highest BCUT2D eigenvalue weighted by Crippen LogP contribution is 2.57. The standard InChI is InChI=1S/C20H21F4NS/c1-3-11-26-17-10-6-9-16-18(17)14(12-25-2)13-7-4-5-8-15(13)19(21,22)20(16,23)24/h4-10,14,25H,3,11-12H2,1-2H3. The van der Waals surface area contributed by atoms with Crippen molar-refractivity contribution in [2.45, 2.75) is 36.0 Å². The van der Waals surface area contributed by atoms with Gasteiger partial charge in [0.2, 0.25) is 0 Å². The van der Waals surface area contributed by atoms with Crippen LogP contribution in [0.25, 0.3) is 0 Å². The molecular weight excluding hydrogens is 362 g/mol. The number of fused-ring (bicyclic) bond motifs is 2. The quantitative estimate of drug-likeness (QED) is 0.522. The molecular formula is C20H21F4NS. The molecule has 0 saturated heterocycles. The Kier molecular flexibility index (Phi) is 5.35. The second-order valence-electron chi connectivity index (χ2n) is 6.41. The Bertz CT molecular complexity index is 791. The van der Waals surface area contributed by atoms with Crippen LogP contribution in [0, 0.1) is 0 Å². The third kappa shape index (κ3) is 2.93. The molecule has 1 nitrogen and oxygen atoms in total. The van der Waals surface area contributed by atoms with Gasteiger partial charge in [0.15, 0.2) is 0 Å². The SMILES string of the molecule is CCCSc1cccc2c1C(CNC)c1ccccc1C(F)(F)C2(F)F.